The number of fused-ring (bicyclic) bond motifs is 2. The molecule has 0 aliphatic heterocycles. The molecule has 4 rings (SSSR count). The number of carboxylic acid groups (broad SMARTS) is 1. The smallest absolute Gasteiger partial charge is 0.303 e. The molecular formula is C25H25ClN2O3. The number of nitrogens with zero attached hydrogens (tertiary/aromatic N) is 1. The van der Waals surface area contributed by atoms with E-state index in [4.69, 9.17) is 16.3 Å². The van der Waals surface area contributed by atoms with Gasteiger partial charge in [0.2, 0.25) is 0 Å². The van der Waals surface area contributed by atoms with E-state index in [1.807, 2.05) is 18.2 Å². The highest BCUT2D eigenvalue weighted by atomic mass is 35.5. The van der Waals surface area contributed by atoms with Gasteiger partial charge >= 0.3 is 5.97 Å². The molecule has 3 aromatic rings. The van der Waals surface area contributed by atoms with Gasteiger partial charge in [0.05, 0.1) is 13.0 Å². The number of aliphatic carboxylic acids is 1. The van der Waals surface area contributed by atoms with Gasteiger partial charge in [-0.15, -0.1) is 0 Å². The number of aromatic nitrogens is 1. The van der Waals surface area contributed by atoms with Crippen molar-refractivity contribution in [2.45, 2.75) is 31.6 Å². The van der Waals surface area contributed by atoms with Crippen molar-refractivity contribution in [1.82, 2.24) is 4.98 Å². The first-order chi connectivity index (χ1) is 15.1. The van der Waals surface area contributed by atoms with Gasteiger partial charge in [0.15, 0.2) is 0 Å². The standard InChI is InChI=1S/C25H25ClN2O3/c26-21-8-10-28-24(16-21)27-9-3-11-31-22-7-6-17-12-20(15-25(29)30)23-5-2-1-4-18(23)13-19(17)14-22/h1-2,4-8,10,14,16,20H,3,9,11-13,15H2,(H,27,28)(H,29,30)/t20-/m0/s1. The van der Waals surface area contributed by atoms with Gasteiger partial charge in [0.1, 0.15) is 11.6 Å². The molecule has 31 heavy (non-hydrogen) atoms. The Bertz CT molecular complexity index is 1070. The van der Waals surface area contributed by atoms with Crippen LogP contribution >= 0.6 is 11.6 Å². The third kappa shape index (κ3) is 5.56. The fourth-order valence-corrected chi connectivity index (χ4v) is 4.26. The lowest BCUT2D eigenvalue weighted by atomic mass is 9.89. The van der Waals surface area contributed by atoms with Gasteiger partial charge in [-0.1, -0.05) is 41.9 Å². The molecule has 0 amide bonds. The minimum atomic E-state index is -0.759. The molecule has 2 aromatic carbocycles. The van der Waals surface area contributed by atoms with E-state index in [0.29, 0.717) is 11.6 Å². The SMILES string of the molecule is O=C(O)C[C@@H]1Cc2ccc(OCCCNc3cc(Cl)ccn3)cc2Cc2ccccc21. The van der Waals surface area contributed by atoms with Crippen LogP contribution in [0.4, 0.5) is 5.82 Å². The number of benzene rings is 2. The molecule has 1 aromatic heterocycles. The molecule has 0 saturated heterocycles. The van der Waals surface area contributed by atoms with Crippen LogP contribution in [0.3, 0.4) is 0 Å². The van der Waals surface area contributed by atoms with Crippen molar-refractivity contribution in [2.24, 2.45) is 0 Å². The Balaban J connectivity index is 1.38. The van der Waals surface area contributed by atoms with Crippen molar-refractivity contribution in [2.75, 3.05) is 18.5 Å². The number of hydrogen-bond donors (Lipinski definition) is 2. The van der Waals surface area contributed by atoms with Gasteiger partial charge in [-0.2, -0.15) is 0 Å². The van der Waals surface area contributed by atoms with Crippen molar-refractivity contribution < 1.29 is 14.6 Å². The summed E-state index contributed by atoms with van der Waals surface area (Å²) in [6.07, 6.45) is 4.17. The maximum atomic E-state index is 11.4. The molecule has 6 heteroatoms. The Morgan fingerprint density at radius 3 is 2.84 bits per heavy atom. The molecule has 0 unspecified atom stereocenters. The van der Waals surface area contributed by atoms with E-state index in [-0.39, 0.29) is 12.3 Å². The van der Waals surface area contributed by atoms with Crippen molar-refractivity contribution in [3.63, 3.8) is 0 Å². The van der Waals surface area contributed by atoms with Gasteiger partial charge in [-0.3, -0.25) is 4.79 Å². The Labute approximate surface area is 187 Å². The van der Waals surface area contributed by atoms with E-state index in [1.54, 1.807) is 18.3 Å². The first-order valence-electron chi connectivity index (χ1n) is 10.5. The van der Waals surface area contributed by atoms with Crippen molar-refractivity contribution in [3.8, 4) is 5.75 Å². The molecule has 2 N–H and O–H groups in total. The van der Waals surface area contributed by atoms with Crippen LogP contribution in [-0.2, 0) is 17.6 Å². The molecule has 1 atom stereocenters. The second kappa shape index (κ2) is 9.84. The maximum Gasteiger partial charge on any atom is 0.303 e. The molecule has 0 spiro atoms. The summed E-state index contributed by atoms with van der Waals surface area (Å²) in [6, 6.07) is 17.9. The predicted molar refractivity (Wildman–Crippen MR) is 122 cm³/mol. The van der Waals surface area contributed by atoms with E-state index in [9.17, 15) is 9.90 Å². The molecular weight excluding hydrogens is 412 g/mol. The van der Waals surface area contributed by atoms with E-state index in [0.717, 1.165) is 42.9 Å². The van der Waals surface area contributed by atoms with E-state index in [2.05, 4.69) is 34.6 Å². The third-order valence-corrected chi connectivity index (χ3v) is 5.79. The van der Waals surface area contributed by atoms with Crippen molar-refractivity contribution in [1.29, 1.82) is 0 Å². The minimum Gasteiger partial charge on any atom is -0.494 e. The number of rotatable bonds is 8. The van der Waals surface area contributed by atoms with Crippen molar-refractivity contribution >= 4 is 23.4 Å². The largest absolute Gasteiger partial charge is 0.494 e. The molecule has 5 nitrogen and oxygen atoms in total. The normalized spacial score (nSPS) is 14.8. The quantitative estimate of drug-likeness (QED) is 0.467. The van der Waals surface area contributed by atoms with Crippen LogP contribution in [0.15, 0.2) is 60.8 Å². The summed E-state index contributed by atoms with van der Waals surface area (Å²) in [5, 5.41) is 13.3. The van der Waals surface area contributed by atoms with Gasteiger partial charge in [0, 0.05) is 17.8 Å². The number of carboxylic acids is 1. The summed E-state index contributed by atoms with van der Waals surface area (Å²) < 4.78 is 5.97. The van der Waals surface area contributed by atoms with Crippen LogP contribution in [0.2, 0.25) is 5.02 Å². The van der Waals surface area contributed by atoms with Gasteiger partial charge in [-0.05, 0) is 71.7 Å². The summed E-state index contributed by atoms with van der Waals surface area (Å²) in [4.78, 5) is 15.6. The molecule has 0 fully saturated rings. The number of halogens is 1. The third-order valence-electron chi connectivity index (χ3n) is 5.56. The molecule has 0 radical (unpaired) electrons. The Kier molecular flexibility index (Phi) is 6.73. The van der Waals surface area contributed by atoms with Crippen LogP contribution < -0.4 is 10.1 Å². The first kappa shape index (κ1) is 21.2. The van der Waals surface area contributed by atoms with Crippen LogP contribution in [0.1, 0.15) is 41.0 Å². The van der Waals surface area contributed by atoms with E-state index >= 15 is 0 Å². The molecule has 160 valence electrons. The Hall–Kier alpha value is -3.05. The zero-order valence-electron chi connectivity index (χ0n) is 17.2. The lowest BCUT2D eigenvalue weighted by Crippen LogP contribution is -2.09. The number of hydrogen-bond acceptors (Lipinski definition) is 4. The number of nitrogens with one attached hydrogen (secondary N) is 1. The minimum absolute atomic E-state index is 0.00658. The summed E-state index contributed by atoms with van der Waals surface area (Å²) in [5.74, 6) is 0.832. The highest BCUT2D eigenvalue weighted by Gasteiger charge is 2.24. The second-order valence-electron chi connectivity index (χ2n) is 7.79. The molecule has 0 saturated carbocycles. The summed E-state index contributed by atoms with van der Waals surface area (Å²) in [5.41, 5.74) is 4.75. The van der Waals surface area contributed by atoms with Crippen LogP contribution in [-0.4, -0.2) is 29.2 Å². The molecule has 1 aliphatic carbocycles. The van der Waals surface area contributed by atoms with Crippen LogP contribution in [0.25, 0.3) is 0 Å². The zero-order chi connectivity index (χ0) is 21.6. The zero-order valence-corrected chi connectivity index (χ0v) is 17.9. The topological polar surface area (TPSA) is 71.5 Å². The molecule has 1 aliphatic rings. The van der Waals surface area contributed by atoms with Gasteiger partial charge in [-0.25, -0.2) is 4.98 Å². The Morgan fingerprint density at radius 2 is 2.00 bits per heavy atom. The lowest BCUT2D eigenvalue weighted by molar-refractivity contribution is -0.137. The van der Waals surface area contributed by atoms with Crippen molar-refractivity contribution in [3.05, 3.63) is 88.1 Å². The summed E-state index contributed by atoms with van der Waals surface area (Å²) in [6.45, 7) is 1.33. The second-order valence-corrected chi connectivity index (χ2v) is 8.23. The average Bonchev–Trinajstić information content (AvgIpc) is 2.89. The number of pyridine rings is 1. The van der Waals surface area contributed by atoms with Gasteiger partial charge in [0.25, 0.3) is 0 Å². The van der Waals surface area contributed by atoms with Crippen LogP contribution in [0.5, 0.6) is 5.75 Å². The average molecular weight is 437 g/mol. The highest BCUT2D eigenvalue weighted by molar-refractivity contribution is 6.30. The van der Waals surface area contributed by atoms with Gasteiger partial charge < -0.3 is 15.2 Å². The predicted octanol–water partition coefficient (Wildman–Crippen LogP) is 5.32. The Morgan fingerprint density at radius 1 is 1.13 bits per heavy atom. The molecule has 1 heterocycles. The van der Waals surface area contributed by atoms with E-state index < -0.39 is 5.97 Å². The fourth-order valence-electron chi connectivity index (χ4n) is 4.10. The van der Waals surface area contributed by atoms with E-state index in [1.165, 1.54) is 16.7 Å². The number of ether oxygens (including phenoxy) is 1. The fraction of sp³-hybridized carbons (Fsp3) is 0.280. The number of anilines is 1. The summed E-state index contributed by atoms with van der Waals surface area (Å²) >= 11 is 5.97. The number of carbonyl (C=O) groups is 1. The monoisotopic (exact) mass is 436 g/mol. The molecule has 0 bridgehead atoms. The summed E-state index contributed by atoms with van der Waals surface area (Å²) in [7, 11) is 0. The lowest BCUT2D eigenvalue weighted by Gasteiger charge is -2.16. The highest BCUT2D eigenvalue weighted by Crippen LogP contribution is 2.35. The van der Waals surface area contributed by atoms with Crippen LogP contribution in [0, 0.1) is 0 Å². The maximum absolute atomic E-state index is 11.4. The first-order valence-corrected chi connectivity index (χ1v) is 10.9.